The van der Waals surface area contributed by atoms with E-state index in [1.54, 1.807) is 12.3 Å². The number of anilines is 1. The fourth-order valence-electron chi connectivity index (χ4n) is 1.84. The monoisotopic (exact) mass is 253 g/mol. The molecule has 0 aliphatic carbocycles. The molecule has 17 heavy (non-hydrogen) atoms. The van der Waals surface area contributed by atoms with Crippen molar-refractivity contribution >= 4 is 17.7 Å². The van der Waals surface area contributed by atoms with E-state index in [1.165, 1.54) is 24.3 Å². The summed E-state index contributed by atoms with van der Waals surface area (Å²) in [6, 6.07) is 1.78. The Hall–Kier alpha value is -0.970. The van der Waals surface area contributed by atoms with Gasteiger partial charge >= 0.3 is 0 Å². The van der Waals surface area contributed by atoms with Gasteiger partial charge in [0.2, 0.25) is 11.8 Å². The first-order valence-electron chi connectivity index (χ1n) is 6.16. The van der Waals surface area contributed by atoms with Gasteiger partial charge in [-0.05, 0) is 37.2 Å². The molecule has 2 heterocycles. The van der Waals surface area contributed by atoms with Crippen LogP contribution in [-0.2, 0) is 0 Å². The van der Waals surface area contributed by atoms with Crippen molar-refractivity contribution in [3.63, 3.8) is 0 Å². The first-order valence-corrected chi connectivity index (χ1v) is 7.31. The van der Waals surface area contributed by atoms with Crippen LogP contribution in [0.1, 0.15) is 19.8 Å². The minimum atomic E-state index is 0.635. The van der Waals surface area contributed by atoms with E-state index in [-0.39, 0.29) is 0 Å². The maximum Gasteiger partial charge on any atom is 0.225 e. The lowest BCUT2D eigenvalue weighted by Gasteiger charge is -2.21. The molecule has 1 aromatic rings. The molecule has 5 heteroatoms. The highest BCUT2D eigenvalue weighted by Gasteiger charge is 2.13. The van der Waals surface area contributed by atoms with E-state index in [4.69, 9.17) is 4.74 Å². The molecule has 0 spiro atoms. The van der Waals surface area contributed by atoms with Gasteiger partial charge in [-0.1, -0.05) is 0 Å². The third-order valence-corrected chi connectivity index (χ3v) is 3.86. The van der Waals surface area contributed by atoms with Gasteiger partial charge in [0.05, 0.1) is 6.61 Å². The Morgan fingerprint density at radius 2 is 2.29 bits per heavy atom. The highest BCUT2D eigenvalue weighted by Crippen LogP contribution is 2.22. The predicted octanol–water partition coefficient (Wildman–Crippen LogP) is 2.43. The van der Waals surface area contributed by atoms with E-state index in [2.05, 4.69) is 27.0 Å². The Morgan fingerprint density at radius 3 is 3.06 bits per heavy atom. The molecule has 0 bridgehead atoms. The van der Waals surface area contributed by atoms with E-state index in [9.17, 15) is 0 Å². The summed E-state index contributed by atoms with van der Waals surface area (Å²) in [6.45, 7) is 3.56. The molecule has 1 saturated heterocycles. The van der Waals surface area contributed by atoms with Crippen LogP contribution >= 0.6 is 11.8 Å². The Balaban J connectivity index is 1.83. The summed E-state index contributed by atoms with van der Waals surface area (Å²) >= 11 is 2.05. The number of thioether (sulfide) groups is 1. The molecule has 0 atom stereocenters. The molecule has 94 valence electrons. The fourth-order valence-corrected chi connectivity index (χ4v) is 3.05. The summed E-state index contributed by atoms with van der Waals surface area (Å²) in [6.07, 6.45) is 4.32. The van der Waals surface area contributed by atoms with Crippen LogP contribution < -0.4 is 10.1 Å². The van der Waals surface area contributed by atoms with Gasteiger partial charge in [0.15, 0.2) is 0 Å². The van der Waals surface area contributed by atoms with Crippen LogP contribution in [0.15, 0.2) is 12.3 Å². The molecular weight excluding hydrogens is 234 g/mol. The molecule has 0 aromatic carbocycles. The van der Waals surface area contributed by atoms with Crippen molar-refractivity contribution in [2.75, 3.05) is 30.0 Å². The molecule has 0 saturated carbocycles. The second-order valence-corrected chi connectivity index (χ2v) is 5.31. The third-order valence-electron chi connectivity index (χ3n) is 2.81. The van der Waals surface area contributed by atoms with Crippen molar-refractivity contribution < 1.29 is 4.74 Å². The quantitative estimate of drug-likeness (QED) is 0.873. The van der Waals surface area contributed by atoms with Crippen molar-refractivity contribution in [3.8, 4) is 5.88 Å². The molecule has 0 radical (unpaired) electrons. The first-order chi connectivity index (χ1) is 8.38. The first kappa shape index (κ1) is 12.5. The zero-order chi connectivity index (χ0) is 11.9. The Morgan fingerprint density at radius 1 is 1.47 bits per heavy atom. The molecule has 1 N–H and O–H groups in total. The zero-order valence-electron chi connectivity index (χ0n) is 10.2. The molecule has 1 aliphatic rings. The number of nitrogens with zero attached hydrogens (tertiary/aromatic N) is 2. The summed E-state index contributed by atoms with van der Waals surface area (Å²) in [4.78, 5) is 8.50. The lowest BCUT2D eigenvalue weighted by atomic mass is 10.0. The van der Waals surface area contributed by atoms with E-state index >= 15 is 0 Å². The Labute approximate surface area is 107 Å². The summed E-state index contributed by atoms with van der Waals surface area (Å²) in [5.41, 5.74) is 0. The number of aromatic nitrogens is 2. The molecule has 1 aromatic heterocycles. The maximum atomic E-state index is 5.34. The highest BCUT2D eigenvalue weighted by atomic mass is 32.2. The number of rotatable bonds is 5. The van der Waals surface area contributed by atoms with Gasteiger partial charge in [-0.3, -0.25) is 0 Å². The van der Waals surface area contributed by atoms with Crippen molar-refractivity contribution in [2.24, 2.45) is 5.92 Å². The largest absolute Gasteiger partial charge is 0.478 e. The normalized spacial score (nSPS) is 16.8. The summed E-state index contributed by atoms with van der Waals surface area (Å²) < 4.78 is 5.34. The highest BCUT2D eigenvalue weighted by molar-refractivity contribution is 7.99. The maximum absolute atomic E-state index is 5.34. The Kier molecular flexibility index (Phi) is 4.91. The van der Waals surface area contributed by atoms with Crippen LogP contribution in [0.3, 0.4) is 0 Å². The second kappa shape index (κ2) is 6.69. The van der Waals surface area contributed by atoms with Gasteiger partial charge in [-0.25, -0.2) is 4.98 Å². The average molecular weight is 253 g/mol. The van der Waals surface area contributed by atoms with E-state index in [0.29, 0.717) is 18.4 Å². The van der Waals surface area contributed by atoms with Crippen molar-refractivity contribution in [3.05, 3.63) is 12.3 Å². The molecule has 0 unspecified atom stereocenters. The zero-order valence-corrected chi connectivity index (χ0v) is 11.0. The molecule has 0 amide bonds. The van der Waals surface area contributed by atoms with E-state index in [0.717, 1.165) is 12.5 Å². The van der Waals surface area contributed by atoms with Crippen LogP contribution in [0.5, 0.6) is 5.88 Å². The summed E-state index contributed by atoms with van der Waals surface area (Å²) in [5, 5.41) is 3.30. The van der Waals surface area contributed by atoms with Gasteiger partial charge in [0, 0.05) is 18.8 Å². The van der Waals surface area contributed by atoms with Crippen LogP contribution in [0.25, 0.3) is 0 Å². The topological polar surface area (TPSA) is 47.0 Å². The van der Waals surface area contributed by atoms with Crippen molar-refractivity contribution in [2.45, 2.75) is 19.8 Å². The molecule has 2 rings (SSSR count). The van der Waals surface area contributed by atoms with Gasteiger partial charge in [-0.2, -0.15) is 16.7 Å². The molecular formula is C12H19N3OS. The number of hydrogen-bond acceptors (Lipinski definition) is 5. The predicted molar refractivity (Wildman–Crippen MR) is 71.7 cm³/mol. The number of hydrogen-bond donors (Lipinski definition) is 1. The van der Waals surface area contributed by atoms with Crippen LogP contribution in [-0.4, -0.2) is 34.6 Å². The third kappa shape index (κ3) is 4.07. The van der Waals surface area contributed by atoms with Gasteiger partial charge in [0.25, 0.3) is 0 Å². The van der Waals surface area contributed by atoms with Gasteiger partial charge < -0.3 is 10.1 Å². The summed E-state index contributed by atoms with van der Waals surface area (Å²) in [7, 11) is 0. The van der Waals surface area contributed by atoms with Crippen LogP contribution in [0.2, 0.25) is 0 Å². The van der Waals surface area contributed by atoms with Crippen molar-refractivity contribution in [1.82, 2.24) is 9.97 Å². The minimum absolute atomic E-state index is 0.635. The number of ether oxygens (including phenoxy) is 1. The lowest BCUT2D eigenvalue weighted by molar-refractivity contribution is 0.326. The van der Waals surface area contributed by atoms with Crippen molar-refractivity contribution in [1.29, 1.82) is 0 Å². The van der Waals surface area contributed by atoms with Gasteiger partial charge in [-0.15, -0.1) is 0 Å². The van der Waals surface area contributed by atoms with E-state index in [1.807, 2.05) is 6.92 Å². The Bertz CT molecular complexity index is 342. The minimum Gasteiger partial charge on any atom is -0.478 e. The molecule has 1 aliphatic heterocycles. The molecule has 1 fully saturated rings. The lowest BCUT2D eigenvalue weighted by Crippen LogP contribution is -2.20. The fraction of sp³-hybridized carbons (Fsp3) is 0.667. The average Bonchev–Trinajstić information content (AvgIpc) is 2.39. The smallest absolute Gasteiger partial charge is 0.225 e. The second-order valence-electron chi connectivity index (χ2n) is 4.09. The molecule has 4 nitrogen and oxygen atoms in total. The summed E-state index contributed by atoms with van der Waals surface area (Å²) in [5.74, 6) is 4.65. The SMILES string of the molecule is CCOc1ccnc(NCC2CCSCC2)n1. The standard InChI is InChI=1S/C12H19N3OS/c1-2-16-11-3-6-13-12(15-11)14-9-10-4-7-17-8-5-10/h3,6,10H,2,4-5,7-9H2,1H3,(H,13,14,15). The number of nitrogens with one attached hydrogen (secondary N) is 1. The van der Waals surface area contributed by atoms with Crippen LogP contribution in [0.4, 0.5) is 5.95 Å². The van der Waals surface area contributed by atoms with Gasteiger partial charge in [0.1, 0.15) is 0 Å². The van der Waals surface area contributed by atoms with E-state index < -0.39 is 0 Å². The van der Waals surface area contributed by atoms with Crippen LogP contribution in [0, 0.1) is 5.92 Å².